The van der Waals surface area contributed by atoms with Crippen LogP contribution in [-0.2, 0) is 4.79 Å². The van der Waals surface area contributed by atoms with E-state index < -0.39 is 23.7 Å². The summed E-state index contributed by atoms with van der Waals surface area (Å²) in [6, 6.07) is 1.46. The van der Waals surface area contributed by atoms with Crippen molar-refractivity contribution in [2.45, 2.75) is 13.0 Å². The highest BCUT2D eigenvalue weighted by molar-refractivity contribution is 6.06. The maximum Gasteiger partial charge on any atom is 0.254 e. The number of rotatable bonds is 3. The lowest BCUT2D eigenvalue weighted by Crippen LogP contribution is -2.42. The smallest absolute Gasteiger partial charge is 0.254 e. The monoisotopic (exact) mass is 250 g/mol. The first kappa shape index (κ1) is 12.0. The Balaban J connectivity index is 2.38. The number of aromatic amines is 1. The van der Waals surface area contributed by atoms with Gasteiger partial charge >= 0.3 is 0 Å². The second-order valence-electron chi connectivity index (χ2n) is 3.85. The summed E-state index contributed by atoms with van der Waals surface area (Å²) < 4.78 is 13.3. The fraction of sp³-hybridized carbons (Fsp3) is 0.182. The highest BCUT2D eigenvalue weighted by atomic mass is 19.1. The minimum absolute atomic E-state index is 0.0550. The van der Waals surface area contributed by atoms with Crippen molar-refractivity contribution in [2.24, 2.45) is 5.73 Å². The molecule has 1 aromatic heterocycles. The standard InChI is InChI=1S/C11H11FN4O2/c1-5(10(13)17)16-11(18)7-2-6(12)3-8-9(7)15-4-14-8/h2-5H,1H3,(H2,13,17)(H,14,15)(H,16,18)/t5-/m0/s1. The van der Waals surface area contributed by atoms with E-state index >= 15 is 0 Å². The fourth-order valence-corrected chi connectivity index (χ4v) is 1.53. The summed E-state index contributed by atoms with van der Waals surface area (Å²) in [5.41, 5.74) is 5.84. The Kier molecular flexibility index (Phi) is 2.97. The number of fused-ring (bicyclic) bond motifs is 1. The van der Waals surface area contributed by atoms with Gasteiger partial charge in [0.15, 0.2) is 0 Å². The summed E-state index contributed by atoms with van der Waals surface area (Å²) in [7, 11) is 0. The molecule has 0 unspecified atom stereocenters. The quantitative estimate of drug-likeness (QED) is 0.730. The van der Waals surface area contributed by atoms with E-state index in [0.717, 1.165) is 6.07 Å². The number of H-pyrrole nitrogens is 1. The fourth-order valence-electron chi connectivity index (χ4n) is 1.53. The number of primary amides is 1. The Hall–Kier alpha value is -2.44. The highest BCUT2D eigenvalue weighted by Crippen LogP contribution is 2.17. The third kappa shape index (κ3) is 2.15. The summed E-state index contributed by atoms with van der Waals surface area (Å²) in [5.74, 6) is -1.83. The first-order valence-corrected chi connectivity index (χ1v) is 5.22. The van der Waals surface area contributed by atoms with Gasteiger partial charge in [0.05, 0.1) is 17.4 Å². The Morgan fingerprint density at radius 1 is 1.50 bits per heavy atom. The SMILES string of the molecule is C[C@H](NC(=O)c1cc(F)cc2[nH]cnc12)C(N)=O. The van der Waals surface area contributed by atoms with Crippen LogP contribution >= 0.6 is 0 Å². The zero-order valence-electron chi connectivity index (χ0n) is 9.53. The van der Waals surface area contributed by atoms with Crippen LogP contribution in [0.5, 0.6) is 0 Å². The molecule has 0 radical (unpaired) electrons. The minimum Gasteiger partial charge on any atom is -0.368 e. The number of benzene rings is 1. The topological polar surface area (TPSA) is 101 Å². The van der Waals surface area contributed by atoms with Crippen LogP contribution in [-0.4, -0.2) is 27.8 Å². The van der Waals surface area contributed by atoms with Gasteiger partial charge in [-0.25, -0.2) is 9.37 Å². The molecule has 0 aliphatic rings. The molecule has 7 heteroatoms. The maximum atomic E-state index is 13.3. The third-order valence-corrected chi connectivity index (χ3v) is 2.51. The van der Waals surface area contributed by atoms with E-state index in [1.54, 1.807) is 0 Å². The summed E-state index contributed by atoms with van der Waals surface area (Å²) >= 11 is 0. The van der Waals surface area contributed by atoms with Crippen LogP contribution in [0.4, 0.5) is 4.39 Å². The maximum absolute atomic E-state index is 13.3. The molecule has 0 fully saturated rings. The van der Waals surface area contributed by atoms with Gasteiger partial charge in [-0.05, 0) is 19.1 Å². The second-order valence-corrected chi connectivity index (χ2v) is 3.85. The number of carbonyl (C=O) groups is 2. The van der Waals surface area contributed by atoms with Gasteiger partial charge in [0.2, 0.25) is 5.91 Å². The van der Waals surface area contributed by atoms with Crippen molar-refractivity contribution in [1.29, 1.82) is 0 Å². The van der Waals surface area contributed by atoms with Gasteiger partial charge in [-0.2, -0.15) is 0 Å². The van der Waals surface area contributed by atoms with E-state index in [0.29, 0.717) is 11.0 Å². The van der Waals surface area contributed by atoms with Crippen LogP contribution in [0.25, 0.3) is 11.0 Å². The molecule has 0 aliphatic heterocycles. The Labute approximate surface area is 101 Å². The molecule has 0 spiro atoms. The number of nitrogens with zero attached hydrogens (tertiary/aromatic N) is 1. The van der Waals surface area contributed by atoms with E-state index in [4.69, 9.17) is 5.73 Å². The van der Waals surface area contributed by atoms with Gasteiger partial charge in [-0.15, -0.1) is 0 Å². The molecule has 2 amide bonds. The number of halogens is 1. The number of imidazole rings is 1. The predicted octanol–water partition coefficient (Wildman–Crippen LogP) is 0.306. The highest BCUT2D eigenvalue weighted by Gasteiger charge is 2.18. The molecule has 0 aliphatic carbocycles. The van der Waals surface area contributed by atoms with Crippen molar-refractivity contribution in [1.82, 2.24) is 15.3 Å². The molecule has 1 aromatic carbocycles. The Bertz CT molecular complexity index is 623. The lowest BCUT2D eigenvalue weighted by molar-refractivity contribution is -0.119. The third-order valence-electron chi connectivity index (χ3n) is 2.51. The summed E-state index contributed by atoms with van der Waals surface area (Å²) in [4.78, 5) is 29.4. The normalized spacial score (nSPS) is 12.3. The molecule has 0 saturated carbocycles. The molecule has 1 atom stereocenters. The van der Waals surface area contributed by atoms with Gasteiger partial charge < -0.3 is 16.0 Å². The van der Waals surface area contributed by atoms with Crippen LogP contribution in [0, 0.1) is 5.82 Å². The molecule has 6 nitrogen and oxygen atoms in total. The summed E-state index contributed by atoms with van der Waals surface area (Å²) in [5, 5.41) is 2.37. The van der Waals surface area contributed by atoms with Crippen LogP contribution in [0.3, 0.4) is 0 Å². The lowest BCUT2D eigenvalue weighted by atomic mass is 10.1. The van der Waals surface area contributed by atoms with E-state index in [1.165, 1.54) is 19.3 Å². The number of carbonyl (C=O) groups excluding carboxylic acids is 2. The zero-order valence-corrected chi connectivity index (χ0v) is 9.53. The summed E-state index contributed by atoms with van der Waals surface area (Å²) in [6.07, 6.45) is 1.36. The van der Waals surface area contributed by atoms with Crippen molar-refractivity contribution < 1.29 is 14.0 Å². The molecule has 0 saturated heterocycles. The number of hydrogen-bond donors (Lipinski definition) is 3. The van der Waals surface area contributed by atoms with Crippen molar-refractivity contribution >= 4 is 22.8 Å². The molecule has 4 N–H and O–H groups in total. The largest absolute Gasteiger partial charge is 0.368 e. The predicted molar refractivity (Wildman–Crippen MR) is 62.2 cm³/mol. The van der Waals surface area contributed by atoms with Crippen LogP contribution in [0.2, 0.25) is 0 Å². The van der Waals surface area contributed by atoms with Gasteiger partial charge in [-0.3, -0.25) is 9.59 Å². The lowest BCUT2D eigenvalue weighted by Gasteiger charge is -2.10. The van der Waals surface area contributed by atoms with E-state index in [2.05, 4.69) is 15.3 Å². The molecule has 1 heterocycles. The molecule has 2 aromatic rings. The van der Waals surface area contributed by atoms with Gasteiger partial charge in [0.25, 0.3) is 5.91 Å². The second kappa shape index (κ2) is 4.44. The average Bonchev–Trinajstić information content (AvgIpc) is 2.75. The van der Waals surface area contributed by atoms with Crippen LogP contribution in [0.1, 0.15) is 17.3 Å². The van der Waals surface area contributed by atoms with E-state index in [9.17, 15) is 14.0 Å². The average molecular weight is 250 g/mol. The van der Waals surface area contributed by atoms with Crippen LogP contribution < -0.4 is 11.1 Å². The minimum atomic E-state index is -0.838. The van der Waals surface area contributed by atoms with Gasteiger partial charge in [0.1, 0.15) is 17.4 Å². The van der Waals surface area contributed by atoms with Crippen LogP contribution in [0.15, 0.2) is 18.5 Å². The zero-order chi connectivity index (χ0) is 13.3. The number of hydrogen-bond acceptors (Lipinski definition) is 3. The molecule has 2 rings (SSSR count). The van der Waals surface area contributed by atoms with Gasteiger partial charge in [-0.1, -0.05) is 0 Å². The van der Waals surface area contributed by atoms with E-state index in [-0.39, 0.29) is 5.56 Å². The van der Waals surface area contributed by atoms with Crippen molar-refractivity contribution in [3.8, 4) is 0 Å². The molecular formula is C11H11FN4O2. The van der Waals surface area contributed by atoms with E-state index in [1.807, 2.05) is 0 Å². The van der Waals surface area contributed by atoms with Gasteiger partial charge in [0, 0.05) is 0 Å². The first-order chi connectivity index (χ1) is 8.49. The molecular weight excluding hydrogens is 239 g/mol. The van der Waals surface area contributed by atoms with Crippen molar-refractivity contribution in [2.75, 3.05) is 0 Å². The molecule has 18 heavy (non-hydrogen) atoms. The van der Waals surface area contributed by atoms with Crippen molar-refractivity contribution in [3.63, 3.8) is 0 Å². The number of aromatic nitrogens is 2. The number of nitrogens with two attached hydrogens (primary N) is 1. The number of amides is 2. The Morgan fingerprint density at radius 3 is 2.89 bits per heavy atom. The summed E-state index contributed by atoms with van der Waals surface area (Å²) in [6.45, 7) is 1.45. The molecule has 94 valence electrons. The first-order valence-electron chi connectivity index (χ1n) is 5.22. The Morgan fingerprint density at radius 2 is 2.22 bits per heavy atom. The van der Waals surface area contributed by atoms with Crippen molar-refractivity contribution in [3.05, 3.63) is 29.8 Å². The molecule has 0 bridgehead atoms. The number of nitrogens with one attached hydrogen (secondary N) is 2.